The molecule has 0 spiro atoms. The zero-order valence-electron chi connectivity index (χ0n) is 15.0. The number of benzene rings is 2. The standard InChI is InChI=1S/C19H19NO6S/c1-11-16-10-15(8-9-17(16)26-18(11)19(21)22)27(23,24)20-12(2)13-4-6-14(25-3)7-5-13/h4-10,12,20H,1-3H3,(H,21,22). The van der Waals surface area contributed by atoms with Crippen LogP contribution in [0.3, 0.4) is 0 Å². The molecule has 1 aromatic heterocycles. The minimum Gasteiger partial charge on any atom is -0.497 e. The van der Waals surface area contributed by atoms with E-state index in [0.717, 1.165) is 5.56 Å². The molecule has 7 nitrogen and oxygen atoms in total. The molecule has 0 aliphatic heterocycles. The second-order valence-electron chi connectivity index (χ2n) is 6.14. The van der Waals surface area contributed by atoms with Gasteiger partial charge in [0.05, 0.1) is 12.0 Å². The van der Waals surface area contributed by atoms with Crippen molar-refractivity contribution in [2.45, 2.75) is 24.8 Å². The maximum Gasteiger partial charge on any atom is 0.372 e. The Morgan fingerprint density at radius 3 is 2.44 bits per heavy atom. The summed E-state index contributed by atoms with van der Waals surface area (Å²) in [7, 11) is -2.25. The second-order valence-corrected chi connectivity index (χ2v) is 7.85. The van der Waals surface area contributed by atoms with Gasteiger partial charge < -0.3 is 14.3 Å². The summed E-state index contributed by atoms with van der Waals surface area (Å²) in [5.41, 5.74) is 1.50. The molecule has 0 saturated carbocycles. The highest BCUT2D eigenvalue weighted by molar-refractivity contribution is 7.89. The van der Waals surface area contributed by atoms with E-state index in [9.17, 15) is 13.2 Å². The van der Waals surface area contributed by atoms with Crippen LogP contribution < -0.4 is 9.46 Å². The fraction of sp³-hybridized carbons (Fsp3) is 0.211. The number of rotatable bonds is 6. The van der Waals surface area contributed by atoms with Gasteiger partial charge in [0.25, 0.3) is 0 Å². The molecule has 8 heteroatoms. The van der Waals surface area contributed by atoms with E-state index in [2.05, 4.69) is 4.72 Å². The van der Waals surface area contributed by atoms with Crippen LogP contribution in [-0.4, -0.2) is 26.6 Å². The molecule has 1 atom stereocenters. The molecule has 142 valence electrons. The largest absolute Gasteiger partial charge is 0.497 e. The van der Waals surface area contributed by atoms with Gasteiger partial charge in [-0.05, 0) is 49.7 Å². The number of aryl methyl sites for hydroxylation is 1. The Morgan fingerprint density at radius 2 is 1.85 bits per heavy atom. The maximum absolute atomic E-state index is 12.8. The highest BCUT2D eigenvalue weighted by Gasteiger charge is 2.22. The number of furan rings is 1. The van der Waals surface area contributed by atoms with Gasteiger partial charge in [-0.1, -0.05) is 12.1 Å². The first-order valence-electron chi connectivity index (χ1n) is 8.15. The number of hydrogen-bond donors (Lipinski definition) is 2. The Morgan fingerprint density at radius 1 is 1.19 bits per heavy atom. The van der Waals surface area contributed by atoms with Crippen LogP contribution in [-0.2, 0) is 10.0 Å². The lowest BCUT2D eigenvalue weighted by atomic mass is 10.1. The molecule has 0 radical (unpaired) electrons. The maximum atomic E-state index is 12.8. The predicted molar refractivity (Wildman–Crippen MR) is 99.6 cm³/mol. The van der Waals surface area contributed by atoms with Crippen LogP contribution in [0.5, 0.6) is 5.75 Å². The van der Waals surface area contributed by atoms with Crippen LogP contribution >= 0.6 is 0 Å². The lowest BCUT2D eigenvalue weighted by Crippen LogP contribution is -2.26. The molecule has 1 unspecified atom stereocenters. The highest BCUT2D eigenvalue weighted by atomic mass is 32.2. The quantitative estimate of drug-likeness (QED) is 0.668. The summed E-state index contributed by atoms with van der Waals surface area (Å²) < 4.78 is 38.5. The molecule has 0 saturated heterocycles. The van der Waals surface area contributed by atoms with Gasteiger partial charge in [0.1, 0.15) is 11.3 Å². The monoisotopic (exact) mass is 389 g/mol. The second kappa shape index (κ2) is 7.05. The predicted octanol–water partition coefficient (Wildman–Crippen LogP) is 3.49. The first kappa shape index (κ1) is 18.9. The lowest BCUT2D eigenvalue weighted by molar-refractivity contribution is 0.0664. The number of carboxylic acids is 1. The molecule has 2 aromatic carbocycles. The lowest BCUT2D eigenvalue weighted by Gasteiger charge is -2.15. The SMILES string of the molecule is COc1ccc(C(C)NS(=O)(=O)c2ccc3oc(C(=O)O)c(C)c3c2)cc1. The van der Waals surface area contributed by atoms with Crippen molar-refractivity contribution in [3.05, 3.63) is 59.4 Å². The van der Waals surface area contributed by atoms with Gasteiger partial charge >= 0.3 is 5.97 Å². The van der Waals surface area contributed by atoms with Crippen molar-refractivity contribution in [3.63, 3.8) is 0 Å². The van der Waals surface area contributed by atoms with Gasteiger partial charge in [-0.2, -0.15) is 0 Å². The molecule has 1 heterocycles. The third kappa shape index (κ3) is 3.67. The van der Waals surface area contributed by atoms with Crippen LogP contribution in [0.4, 0.5) is 0 Å². The first-order chi connectivity index (χ1) is 12.7. The smallest absolute Gasteiger partial charge is 0.372 e. The average molecular weight is 389 g/mol. The van der Waals surface area contributed by atoms with E-state index in [1.165, 1.54) is 18.2 Å². The number of sulfonamides is 1. The summed E-state index contributed by atoms with van der Waals surface area (Å²) >= 11 is 0. The average Bonchev–Trinajstić information content (AvgIpc) is 2.98. The van der Waals surface area contributed by atoms with E-state index in [0.29, 0.717) is 22.3 Å². The van der Waals surface area contributed by atoms with Crippen molar-refractivity contribution in [3.8, 4) is 5.75 Å². The molecular formula is C19H19NO6S. The fourth-order valence-corrected chi connectivity index (χ4v) is 4.09. The van der Waals surface area contributed by atoms with Crippen molar-refractivity contribution in [1.29, 1.82) is 0 Å². The third-order valence-electron chi connectivity index (χ3n) is 4.36. The van der Waals surface area contributed by atoms with Gasteiger partial charge in [0, 0.05) is 17.0 Å². The van der Waals surface area contributed by atoms with Crippen molar-refractivity contribution in [2.75, 3.05) is 7.11 Å². The van der Waals surface area contributed by atoms with Crippen molar-refractivity contribution in [2.24, 2.45) is 0 Å². The van der Waals surface area contributed by atoms with E-state index >= 15 is 0 Å². The Kier molecular flexibility index (Phi) is 4.95. The number of ether oxygens (including phenoxy) is 1. The topological polar surface area (TPSA) is 106 Å². The van der Waals surface area contributed by atoms with Gasteiger partial charge in [-0.25, -0.2) is 17.9 Å². The Labute approximate surface area is 156 Å². The number of nitrogens with one attached hydrogen (secondary N) is 1. The molecule has 0 aliphatic rings. The molecule has 0 bridgehead atoms. The number of hydrogen-bond acceptors (Lipinski definition) is 5. The molecule has 0 fully saturated rings. The van der Waals surface area contributed by atoms with E-state index in [4.69, 9.17) is 14.3 Å². The third-order valence-corrected chi connectivity index (χ3v) is 5.90. The number of carbonyl (C=O) groups is 1. The van der Waals surface area contributed by atoms with Crippen molar-refractivity contribution < 1.29 is 27.5 Å². The summed E-state index contributed by atoms with van der Waals surface area (Å²) in [5.74, 6) is -0.706. The van der Waals surface area contributed by atoms with E-state index in [-0.39, 0.29) is 10.7 Å². The van der Waals surface area contributed by atoms with Gasteiger partial charge in [-0.3, -0.25) is 0 Å². The highest BCUT2D eigenvalue weighted by Crippen LogP contribution is 2.28. The van der Waals surface area contributed by atoms with E-state index in [1.807, 2.05) is 0 Å². The number of aromatic carboxylic acids is 1. The Balaban J connectivity index is 1.91. The van der Waals surface area contributed by atoms with E-state index < -0.39 is 22.0 Å². The molecule has 27 heavy (non-hydrogen) atoms. The van der Waals surface area contributed by atoms with Crippen molar-refractivity contribution >= 4 is 27.0 Å². The van der Waals surface area contributed by atoms with Crippen LogP contribution in [0.15, 0.2) is 51.8 Å². The minimum atomic E-state index is -3.81. The normalized spacial score (nSPS) is 12.9. The summed E-state index contributed by atoms with van der Waals surface area (Å²) in [6, 6.07) is 10.9. The van der Waals surface area contributed by atoms with Gasteiger partial charge in [0.15, 0.2) is 0 Å². The van der Waals surface area contributed by atoms with Crippen LogP contribution in [0, 0.1) is 6.92 Å². The Hall–Kier alpha value is -2.84. The molecule has 0 aliphatic carbocycles. The van der Waals surface area contributed by atoms with Crippen LogP contribution in [0.25, 0.3) is 11.0 Å². The first-order valence-corrected chi connectivity index (χ1v) is 9.64. The van der Waals surface area contributed by atoms with Crippen LogP contribution in [0.1, 0.15) is 34.6 Å². The zero-order valence-corrected chi connectivity index (χ0v) is 15.8. The number of fused-ring (bicyclic) bond motifs is 1. The molecular weight excluding hydrogens is 370 g/mol. The molecule has 3 rings (SSSR count). The molecule has 2 N–H and O–H groups in total. The van der Waals surface area contributed by atoms with Crippen LogP contribution in [0.2, 0.25) is 0 Å². The molecule has 0 amide bonds. The summed E-state index contributed by atoms with van der Waals surface area (Å²) in [5, 5.41) is 9.60. The van der Waals surface area contributed by atoms with Crippen molar-refractivity contribution in [1.82, 2.24) is 4.72 Å². The van der Waals surface area contributed by atoms with Gasteiger partial charge in [-0.15, -0.1) is 0 Å². The summed E-state index contributed by atoms with van der Waals surface area (Å²) in [4.78, 5) is 11.2. The molecule has 3 aromatic rings. The number of carboxylic acid groups (broad SMARTS) is 1. The number of methoxy groups -OCH3 is 1. The zero-order chi connectivity index (χ0) is 19.8. The Bertz CT molecular complexity index is 1100. The fourth-order valence-electron chi connectivity index (χ4n) is 2.83. The van der Waals surface area contributed by atoms with Gasteiger partial charge in [0.2, 0.25) is 15.8 Å². The van der Waals surface area contributed by atoms with E-state index in [1.54, 1.807) is 45.2 Å². The summed E-state index contributed by atoms with van der Waals surface area (Å²) in [6.45, 7) is 3.32. The minimum absolute atomic E-state index is 0.0381. The summed E-state index contributed by atoms with van der Waals surface area (Å²) in [6.07, 6.45) is 0.